The molecule has 1 heterocycles. The Hall–Kier alpha value is -1.64. The van der Waals surface area contributed by atoms with E-state index in [1.54, 1.807) is 4.90 Å². The molecule has 0 bridgehead atoms. The van der Waals surface area contributed by atoms with E-state index in [4.69, 9.17) is 0 Å². The van der Waals surface area contributed by atoms with Crippen LogP contribution in [0.2, 0.25) is 0 Å². The van der Waals surface area contributed by atoms with E-state index in [-0.39, 0.29) is 24.7 Å². The van der Waals surface area contributed by atoms with Crippen LogP contribution < -0.4 is 4.90 Å². The van der Waals surface area contributed by atoms with Crippen LogP contribution in [0.4, 0.5) is 5.69 Å². The van der Waals surface area contributed by atoms with Gasteiger partial charge in [-0.15, -0.1) is 0 Å². The van der Waals surface area contributed by atoms with Crippen molar-refractivity contribution in [1.82, 2.24) is 0 Å². The quantitative estimate of drug-likeness (QED) is 0.684. The fraction of sp³-hybridized carbons (Fsp3) is 0.333. The van der Waals surface area contributed by atoms with Gasteiger partial charge in [0, 0.05) is 5.69 Å². The number of nitrogens with zero attached hydrogens (tertiary/aromatic N) is 1. The van der Waals surface area contributed by atoms with Gasteiger partial charge in [0.15, 0.2) is 5.78 Å². The highest BCUT2D eigenvalue weighted by atomic mass is 16.2. The molecule has 0 atom stereocenters. The summed E-state index contributed by atoms with van der Waals surface area (Å²) in [7, 11) is 0. The summed E-state index contributed by atoms with van der Waals surface area (Å²) in [6, 6.07) is 7.78. The number of anilines is 1. The predicted octanol–water partition coefficient (Wildman–Crippen LogP) is 1.55. The Labute approximate surface area is 88.7 Å². The Morgan fingerprint density at radius 2 is 2.13 bits per heavy atom. The largest absolute Gasteiger partial charge is 0.305 e. The molecule has 0 aliphatic carbocycles. The van der Waals surface area contributed by atoms with Crippen molar-refractivity contribution in [3.05, 3.63) is 29.8 Å². The SMILES string of the molecule is CCc1cccc(N2CC(=O)CC2=O)c1. The first-order valence-electron chi connectivity index (χ1n) is 5.11. The second-order valence-electron chi connectivity index (χ2n) is 3.72. The summed E-state index contributed by atoms with van der Waals surface area (Å²) in [5, 5.41) is 0. The molecule has 3 heteroatoms. The molecule has 78 valence electrons. The van der Waals surface area contributed by atoms with Crippen molar-refractivity contribution in [2.24, 2.45) is 0 Å². The number of hydrogen-bond donors (Lipinski definition) is 0. The molecular weight excluding hydrogens is 190 g/mol. The summed E-state index contributed by atoms with van der Waals surface area (Å²) in [6.45, 7) is 2.29. The topological polar surface area (TPSA) is 37.4 Å². The smallest absolute Gasteiger partial charge is 0.234 e. The molecule has 1 amide bonds. The minimum Gasteiger partial charge on any atom is -0.305 e. The van der Waals surface area contributed by atoms with Crippen molar-refractivity contribution in [1.29, 1.82) is 0 Å². The monoisotopic (exact) mass is 203 g/mol. The van der Waals surface area contributed by atoms with Gasteiger partial charge in [-0.1, -0.05) is 19.1 Å². The lowest BCUT2D eigenvalue weighted by Gasteiger charge is -2.15. The maximum atomic E-state index is 11.5. The summed E-state index contributed by atoms with van der Waals surface area (Å²) in [6.07, 6.45) is 0.986. The molecule has 0 spiro atoms. The van der Waals surface area contributed by atoms with E-state index >= 15 is 0 Å². The van der Waals surface area contributed by atoms with Crippen molar-refractivity contribution in [2.45, 2.75) is 19.8 Å². The molecule has 15 heavy (non-hydrogen) atoms. The van der Waals surface area contributed by atoms with E-state index in [9.17, 15) is 9.59 Å². The molecule has 1 aromatic rings. The first-order valence-corrected chi connectivity index (χ1v) is 5.11. The molecule has 2 rings (SSSR count). The Morgan fingerprint density at radius 1 is 1.33 bits per heavy atom. The first kappa shape index (κ1) is 9.90. The van der Waals surface area contributed by atoms with E-state index in [1.807, 2.05) is 24.3 Å². The van der Waals surface area contributed by atoms with Gasteiger partial charge in [-0.2, -0.15) is 0 Å². The average molecular weight is 203 g/mol. The van der Waals surface area contributed by atoms with Crippen LogP contribution >= 0.6 is 0 Å². The van der Waals surface area contributed by atoms with Crippen molar-refractivity contribution in [2.75, 3.05) is 11.4 Å². The molecule has 0 radical (unpaired) electrons. The van der Waals surface area contributed by atoms with Crippen LogP contribution in [-0.2, 0) is 16.0 Å². The summed E-state index contributed by atoms with van der Waals surface area (Å²) in [5.41, 5.74) is 2.02. The molecule has 1 fully saturated rings. The molecule has 3 nitrogen and oxygen atoms in total. The number of amides is 1. The summed E-state index contributed by atoms with van der Waals surface area (Å²) in [5.74, 6) is -0.0878. The fourth-order valence-corrected chi connectivity index (χ4v) is 1.76. The molecule has 1 aliphatic heterocycles. The van der Waals surface area contributed by atoms with E-state index in [0.717, 1.165) is 12.1 Å². The minimum absolute atomic E-state index is 0.00176. The second kappa shape index (κ2) is 3.85. The number of carbonyl (C=O) groups excluding carboxylic acids is 2. The van der Waals surface area contributed by atoms with Crippen LogP contribution in [0.15, 0.2) is 24.3 Å². The van der Waals surface area contributed by atoms with Crippen molar-refractivity contribution in [3.63, 3.8) is 0 Å². The third-order valence-corrected chi connectivity index (χ3v) is 2.61. The number of benzene rings is 1. The first-order chi connectivity index (χ1) is 7.20. The van der Waals surface area contributed by atoms with E-state index < -0.39 is 0 Å². The van der Waals surface area contributed by atoms with Gasteiger partial charge in [-0.05, 0) is 24.1 Å². The number of carbonyl (C=O) groups is 2. The van der Waals surface area contributed by atoms with Crippen LogP contribution in [-0.4, -0.2) is 18.2 Å². The number of Topliss-reactive ketones (excluding diaryl/α,β-unsaturated/α-hetero) is 1. The molecule has 0 aromatic heterocycles. The van der Waals surface area contributed by atoms with Gasteiger partial charge < -0.3 is 4.90 Å². The van der Waals surface area contributed by atoms with Crippen LogP contribution in [0.5, 0.6) is 0 Å². The van der Waals surface area contributed by atoms with Crippen LogP contribution in [0, 0.1) is 0 Å². The lowest BCUT2D eigenvalue weighted by Crippen LogP contribution is -2.24. The predicted molar refractivity (Wildman–Crippen MR) is 57.8 cm³/mol. The Kier molecular flexibility index (Phi) is 2.54. The van der Waals surface area contributed by atoms with Gasteiger partial charge in [-0.3, -0.25) is 9.59 Å². The average Bonchev–Trinajstić information content (AvgIpc) is 2.58. The number of ketones is 1. The van der Waals surface area contributed by atoms with Gasteiger partial charge in [0.1, 0.15) is 0 Å². The highest BCUT2D eigenvalue weighted by molar-refractivity contribution is 6.15. The van der Waals surface area contributed by atoms with Crippen LogP contribution in [0.1, 0.15) is 18.9 Å². The van der Waals surface area contributed by atoms with Gasteiger partial charge in [0.05, 0.1) is 13.0 Å². The zero-order valence-electron chi connectivity index (χ0n) is 8.69. The van der Waals surface area contributed by atoms with Gasteiger partial charge >= 0.3 is 0 Å². The van der Waals surface area contributed by atoms with Crippen LogP contribution in [0.25, 0.3) is 0 Å². The molecule has 1 aliphatic rings. The number of hydrogen-bond acceptors (Lipinski definition) is 2. The molecular formula is C12H13NO2. The van der Waals surface area contributed by atoms with Crippen molar-refractivity contribution < 1.29 is 9.59 Å². The van der Waals surface area contributed by atoms with Gasteiger partial charge in [0.25, 0.3) is 0 Å². The molecule has 1 saturated heterocycles. The standard InChI is InChI=1S/C12H13NO2/c1-2-9-4-3-5-10(6-9)13-8-11(14)7-12(13)15/h3-6H,2,7-8H2,1H3. The maximum absolute atomic E-state index is 11.5. The zero-order chi connectivity index (χ0) is 10.8. The van der Waals surface area contributed by atoms with E-state index in [0.29, 0.717) is 0 Å². The zero-order valence-corrected chi connectivity index (χ0v) is 8.69. The molecule has 1 aromatic carbocycles. The minimum atomic E-state index is -0.0896. The molecule has 0 saturated carbocycles. The van der Waals surface area contributed by atoms with E-state index in [1.165, 1.54) is 5.56 Å². The summed E-state index contributed by atoms with van der Waals surface area (Å²) in [4.78, 5) is 24.2. The molecule has 0 N–H and O–H groups in total. The highest BCUT2D eigenvalue weighted by Crippen LogP contribution is 2.20. The van der Waals surface area contributed by atoms with Crippen molar-refractivity contribution >= 4 is 17.4 Å². The fourth-order valence-electron chi connectivity index (χ4n) is 1.76. The lowest BCUT2D eigenvalue weighted by molar-refractivity contribution is -0.121. The molecule has 0 unspecified atom stereocenters. The van der Waals surface area contributed by atoms with Gasteiger partial charge in [0.2, 0.25) is 5.91 Å². The lowest BCUT2D eigenvalue weighted by atomic mass is 10.1. The third-order valence-electron chi connectivity index (χ3n) is 2.61. The number of rotatable bonds is 2. The Morgan fingerprint density at radius 3 is 2.73 bits per heavy atom. The maximum Gasteiger partial charge on any atom is 0.234 e. The summed E-state index contributed by atoms with van der Waals surface area (Å²) < 4.78 is 0. The van der Waals surface area contributed by atoms with E-state index in [2.05, 4.69) is 6.92 Å². The van der Waals surface area contributed by atoms with Crippen molar-refractivity contribution in [3.8, 4) is 0 Å². The Bertz CT molecular complexity index is 412. The highest BCUT2D eigenvalue weighted by Gasteiger charge is 2.28. The van der Waals surface area contributed by atoms with Gasteiger partial charge in [-0.25, -0.2) is 0 Å². The third kappa shape index (κ3) is 1.91. The summed E-state index contributed by atoms with van der Waals surface area (Å²) >= 11 is 0. The normalized spacial score (nSPS) is 16.2. The Balaban J connectivity index is 2.29. The second-order valence-corrected chi connectivity index (χ2v) is 3.72. The van der Waals surface area contributed by atoms with Crippen LogP contribution in [0.3, 0.4) is 0 Å². The number of aryl methyl sites for hydroxylation is 1.